The normalized spacial score (nSPS) is 12.3. The molecule has 0 saturated heterocycles. The first-order valence-corrected chi connectivity index (χ1v) is 4.81. The lowest BCUT2D eigenvalue weighted by Crippen LogP contribution is -1.72. The molecule has 0 amide bonds. The van der Waals surface area contributed by atoms with Gasteiger partial charge < -0.3 is 0 Å². The molecule has 0 spiro atoms. The molecule has 0 saturated carbocycles. The van der Waals surface area contributed by atoms with E-state index in [-0.39, 0.29) is 0 Å². The lowest BCUT2D eigenvalue weighted by atomic mass is 10.5. The van der Waals surface area contributed by atoms with Crippen molar-refractivity contribution in [3.63, 3.8) is 0 Å². The van der Waals surface area contributed by atoms with Crippen LogP contribution in [0.4, 0.5) is 0 Å². The molecule has 1 aromatic heterocycles. The predicted molar refractivity (Wildman–Crippen MR) is 50.3 cm³/mol. The number of fused-ring (bicyclic) bond motifs is 3. The fraction of sp³-hybridized carbons (Fsp3) is 0.600. The van der Waals surface area contributed by atoms with Gasteiger partial charge in [0, 0.05) is 12.8 Å². The van der Waals surface area contributed by atoms with Crippen LogP contribution in [0.2, 0.25) is 0 Å². The SMILES string of the molecule is C1c2nnc3c(c21)C3.CC.CC. The molecule has 2 aliphatic rings. The monoisotopic (exact) mass is 164 g/mol. The quantitative estimate of drug-likeness (QED) is 0.509. The molecular weight excluding hydrogens is 148 g/mol. The van der Waals surface area contributed by atoms with Crippen LogP contribution in [0.5, 0.6) is 0 Å². The molecule has 0 aromatic carbocycles. The van der Waals surface area contributed by atoms with Crippen LogP contribution < -0.4 is 0 Å². The van der Waals surface area contributed by atoms with Crippen molar-refractivity contribution in [3.8, 4) is 0 Å². The standard InChI is InChI=1S/C6H4N2.2C2H6/c1-3-4-2-6(4)8-7-5(1)3;2*1-2/h1-2H2;2*1-2H3. The highest BCUT2D eigenvalue weighted by Gasteiger charge is 2.33. The van der Waals surface area contributed by atoms with Gasteiger partial charge in [-0.15, -0.1) is 0 Å². The Hall–Kier alpha value is -0.920. The fourth-order valence-corrected chi connectivity index (χ4v) is 1.12. The molecule has 0 bridgehead atoms. The Morgan fingerprint density at radius 1 is 0.750 bits per heavy atom. The zero-order chi connectivity index (χ0) is 9.14. The molecule has 12 heavy (non-hydrogen) atoms. The third-order valence-electron chi connectivity index (χ3n) is 1.79. The minimum Gasteiger partial charge on any atom is -0.155 e. The van der Waals surface area contributed by atoms with E-state index in [1.54, 1.807) is 0 Å². The molecule has 2 heteroatoms. The number of hydrogen-bond acceptors (Lipinski definition) is 2. The summed E-state index contributed by atoms with van der Waals surface area (Å²) < 4.78 is 0. The van der Waals surface area contributed by atoms with Crippen LogP contribution in [0.3, 0.4) is 0 Å². The van der Waals surface area contributed by atoms with Gasteiger partial charge in [0.2, 0.25) is 0 Å². The third kappa shape index (κ3) is 1.47. The van der Waals surface area contributed by atoms with Gasteiger partial charge in [-0.1, -0.05) is 27.7 Å². The molecule has 0 fully saturated rings. The average Bonchev–Trinajstić information content (AvgIpc) is 3.03. The molecule has 3 rings (SSSR count). The molecule has 2 aliphatic carbocycles. The molecule has 1 aromatic rings. The smallest absolute Gasteiger partial charge is 0.0714 e. The van der Waals surface area contributed by atoms with Crippen LogP contribution in [0.15, 0.2) is 0 Å². The van der Waals surface area contributed by atoms with Crippen molar-refractivity contribution >= 4 is 0 Å². The second-order valence-corrected chi connectivity index (χ2v) is 2.40. The van der Waals surface area contributed by atoms with Crippen LogP contribution in [0, 0.1) is 0 Å². The zero-order valence-corrected chi connectivity index (χ0v) is 8.31. The van der Waals surface area contributed by atoms with Crippen LogP contribution in [-0.4, -0.2) is 10.2 Å². The van der Waals surface area contributed by atoms with E-state index in [1.807, 2.05) is 27.7 Å². The van der Waals surface area contributed by atoms with E-state index in [0.29, 0.717) is 0 Å². The molecular formula is C10H16N2. The highest BCUT2D eigenvalue weighted by Crippen LogP contribution is 2.38. The second kappa shape index (κ2) is 3.65. The summed E-state index contributed by atoms with van der Waals surface area (Å²) in [6.45, 7) is 8.00. The van der Waals surface area contributed by atoms with E-state index in [9.17, 15) is 0 Å². The Morgan fingerprint density at radius 2 is 1.08 bits per heavy atom. The number of rotatable bonds is 0. The van der Waals surface area contributed by atoms with Gasteiger partial charge in [-0.25, -0.2) is 0 Å². The summed E-state index contributed by atoms with van der Waals surface area (Å²) in [5, 5.41) is 7.95. The first-order chi connectivity index (χ1) is 5.95. The second-order valence-electron chi connectivity index (χ2n) is 2.40. The molecule has 0 N–H and O–H groups in total. The number of hydrogen-bond donors (Lipinski definition) is 0. The summed E-state index contributed by atoms with van der Waals surface area (Å²) in [6, 6.07) is 0. The summed E-state index contributed by atoms with van der Waals surface area (Å²) in [4.78, 5) is 0. The average molecular weight is 164 g/mol. The predicted octanol–water partition coefficient (Wildman–Crippen LogP) is 2.34. The van der Waals surface area contributed by atoms with Crippen molar-refractivity contribution in [3.05, 3.63) is 22.5 Å². The fourth-order valence-electron chi connectivity index (χ4n) is 1.12. The highest BCUT2D eigenvalue weighted by molar-refractivity contribution is 5.55. The maximum absolute atomic E-state index is 3.97. The van der Waals surface area contributed by atoms with Gasteiger partial charge in [-0.2, -0.15) is 10.2 Å². The van der Waals surface area contributed by atoms with E-state index >= 15 is 0 Å². The first kappa shape index (κ1) is 9.17. The van der Waals surface area contributed by atoms with E-state index < -0.39 is 0 Å². The third-order valence-corrected chi connectivity index (χ3v) is 1.79. The van der Waals surface area contributed by atoms with Crippen molar-refractivity contribution < 1.29 is 0 Å². The lowest BCUT2D eigenvalue weighted by Gasteiger charge is -1.67. The lowest BCUT2D eigenvalue weighted by molar-refractivity contribution is 1.02. The van der Waals surface area contributed by atoms with Gasteiger partial charge in [0.25, 0.3) is 0 Å². The summed E-state index contributed by atoms with van der Waals surface area (Å²) in [5.74, 6) is 0. The van der Waals surface area contributed by atoms with Gasteiger partial charge in [-0.3, -0.25) is 0 Å². The van der Waals surface area contributed by atoms with Gasteiger partial charge in [-0.05, 0) is 11.1 Å². The van der Waals surface area contributed by atoms with Crippen molar-refractivity contribution in [2.24, 2.45) is 0 Å². The topological polar surface area (TPSA) is 25.8 Å². The Labute approximate surface area is 74.0 Å². The molecule has 0 radical (unpaired) electrons. The summed E-state index contributed by atoms with van der Waals surface area (Å²) >= 11 is 0. The molecule has 1 heterocycles. The maximum atomic E-state index is 3.97. The zero-order valence-electron chi connectivity index (χ0n) is 8.31. The molecule has 66 valence electrons. The van der Waals surface area contributed by atoms with Crippen LogP contribution in [0.1, 0.15) is 50.2 Å². The maximum Gasteiger partial charge on any atom is 0.0714 e. The van der Waals surface area contributed by atoms with E-state index in [4.69, 9.17) is 0 Å². The van der Waals surface area contributed by atoms with Gasteiger partial charge in [0.15, 0.2) is 0 Å². The minimum absolute atomic E-state index is 1.13. The van der Waals surface area contributed by atoms with Crippen LogP contribution in [-0.2, 0) is 12.8 Å². The number of nitrogens with zero attached hydrogens (tertiary/aromatic N) is 2. The van der Waals surface area contributed by atoms with Crippen LogP contribution in [0.25, 0.3) is 0 Å². The van der Waals surface area contributed by atoms with E-state index in [1.165, 1.54) is 22.5 Å². The van der Waals surface area contributed by atoms with Gasteiger partial charge >= 0.3 is 0 Å². The minimum atomic E-state index is 1.13. The highest BCUT2D eigenvalue weighted by atomic mass is 15.1. The first-order valence-electron chi connectivity index (χ1n) is 4.81. The van der Waals surface area contributed by atoms with E-state index in [2.05, 4.69) is 10.2 Å². The Kier molecular flexibility index (Phi) is 2.79. The van der Waals surface area contributed by atoms with Crippen molar-refractivity contribution in [2.45, 2.75) is 40.5 Å². The molecule has 0 atom stereocenters. The summed E-state index contributed by atoms with van der Waals surface area (Å²) in [5.41, 5.74) is 5.47. The van der Waals surface area contributed by atoms with E-state index in [0.717, 1.165) is 12.8 Å². The largest absolute Gasteiger partial charge is 0.155 e. The Bertz CT molecular complexity index is 250. The number of aromatic nitrogens is 2. The van der Waals surface area contributed by atoms with Crippen molar-refractivity contribution in [1.29, 1.82) is 0 Å². The molecule has 2 nitrogen and oxygen atoms in total. The molecule has 0 unspecified atom stereocenters. The molecule has 0 aliphatic heterocycles. The van der Waals surface area contributed by atoms with Crippen molar-refractivity contribution in [2.75, 3.05) is 0 Å². The Balaban J connectivity index is 0.000000162. The van der Waals surface area contributed by atoms with Crippen molar-refractivity contribution in [1.82, 2.24) is 10.2 Å². The summed E-state index contributed by atoms with van der Waals surface area (Å²) in [7, 11) is 0. The van der Waals surface area contributed by atoms with Crippen LogP contribution >= 0.6 is 0 Å². The summed E-state index contributed by atoms with van der Waals surface area (Å²) in [6.07, 6.45) is 2.25. The van der Waals surface area contributed by atoms with Gasteiger partial charge in [0.1, 0.15) is 0 Å². The van der Waals surface area contributed by atoms with Gasteiger partial charge in [0.05, 0.1) is 11.4 Å². The Morgan fingerprint density at radius 3 is 1.42 bits per heavy atom.